The fourth-order valence-corrected chi connectivity index (χ4v) is 1.41. The molecule has 1 aliphatic carbocycles. The Hall–Kier alpha value is -1.43. The quantitative estimate of drug-likeness (QED) is 0.430. The molecule has 1 saturated carbocycles. The molecular formula is C9H14N4O2. The first-order valence-electron chi connectivity index (χ1n) is 5.17. The molecule has 15 heavy (non-hydrogen) atoms. The minimum absolute atomic E-state index is 0.0786. The number of nitro groups is 1. The van der Waals surface area contributed by atoms with Crippen LogP contribution < -0.4 is 5.32 Å². The van der Waals surface area contributed by atoms with E-state index in [0.29, 0.717) is 0 Å². The summed E-state index contributed by atoms with van der Waals surface area (Å²) in [7, 11) is 0. The highest BCUT2D eigenvalue weighted by Crippen LogP contribution is 2.18. The van der Waals surface area contributed by atoms with Gasteiger partial charge >= 0.3 is 5.82 Å². The number of aromatic nitrogens is 2. The second-order valence-corrected chi connectivity index (χ2v) is 3.78. The van der Waals surface area contributed by atoms with Crippen LogP contribution in [0.3, 0.4) is 0 Å². The number of nitrogens with one attached hydrogen (secondary N) is 1. The topological polar surface area (TPSA) is 73.0 Å². The molecule has 1 fully saturated rings. The molecule has 0 saturated heterocycles. The summed E-state index contributed by atoms with van der Waals surface area (Å²) < 4.78 is 1.62. The van der Waals surface area contributed by atoms with E-state index in [1.165, 1.54) is 18.9 Å². The van der Waals surface area contributed by atoms with E-state index in [9.17, 15) is 10.1 Å². The molecule has 1 N–H and O–H groups in total. The van der Waals surface area contributed by atoms with E-state index in [1.807, 2.05) is 0 Å². The summed E-state index contributed by atoms with van der Waals surface area (Å²) in [4.78, 5) is 9.89. The Kier molecular flexibility index (Phi) is 2.96. The summed E-state index contributed by atoms with van der Waals surface area (Å²) in [6, 6.07) is 2.14. The van der Waals surface area contributed by atoms with Gasteiger partial charge in [0.15, 0.2) is 0 Å². The SMILES string of the molecule is O=[N+]([O-])c1ccn(CCCNC2CC2)n1. The molecule has 1 heterocycles. The van der Waals surface area contributed by atoms with E-state index in [2.05, 4.69) is 10.4 Å². The number of hydrogen-bond donors (Lipinski definition) is 1. The summed E-state index contributed by atoms with van der Waals surface area (Å²) in [5.74, 6) is -0.0786. The summed E-state index contributed by atoms with van der Waals surface area (Å²) in [6.07, 6.45) is 5.17. The van der Waals surface area contributed by atoms with E-state index in [4.69, 9.17) is 0 Å². The maximum Gasteiger partial charge on any atom is 0.389 e. The van der Waals surface area contributed by atoms with Crippen molar-refractivity contribution in [2.24, 2.45) is 0 Å². The molecule has 1 aromatic heterocycles. The predicted molar refractivity (Wildman–Crippen MR) is 54.5 cm³/mol. The standard InChI is InChI=1S/C9H14N4O2/c14-13(15)9-4-7-12(11-9)6-1-5-10-8-2-3-8/h4,7-8,10H,1-3,5-6H2. The number of hydrogen-bond acceptors (Lipinski definition) is 4. The number of aryl methyl sites for hydroxylation is 1. The molecule has 82 valence electrons. The van der Waals surface area contributed by atoms with Crippen LogP contribution in [0, 0.1) is 10.1 Å². The Balaban J connectivity index is 1.70. The van der Waals surface area contributed by atoms with Crippen molar-refractivity contribution in [3.05, 3.63) is 22.4 Å². The van der Waals surface area contributed by atoms with E-state index >= 15 is 0 Å². The van der Waals surface area contributed by atoms with Gasteiger partial charge in [0.2, 0.25) is 0 Å². The van der Waals surface area contributed by atoms with Crippen LogP contribution in [0.2, 0.25) is 0 Å². The van der Waals surface area contributed by atoms with Crippen molar-refractivity contribution in [2.45, 2.75) is 31.8 Å². The fraction of sp³-hybridized carbons (Fsp3) is 0.667. The Labute approximate surface area is 87.4 Å². The molecule has 0 spiro atoms. The summed E-state index contributed by atoms with van der Waals surface area (Å²) in [5.41, 5.74) is 0. The van der Waals surface area contributed by atoms with Gasteiger partial charge in [-0.25, -0.2) is 0 Å². The van der Waals surface area contributed by atoms with Crippen molar-refractivity contribution in [3.63, 3.8) is 0 Å². The highest BCUT2D eigenvalue weighted by atomic mass is 16.6. The van der Waals surface area contributed by atoms with Gasteiger partial charge in [0.1, 0.15) is 0 Å². The van der Waals surface area contributed by atoms with E-state index in [1.54, 1.807) is 10.9 Å². The third kappa shape index (κ3) is 3.02. The first-order valence-corrected chi connectivity index (χ1v) is 5.17. The lowest BCUT2D eigenvalue weighted by Gasteiger charge is -2.00. The van der Waals surface area contributed by atoms with Crippen LogP contribution in [-0.4, -0.2) is 27.3 Å². The van der Waals surface area contributed by atoms with Crippen molar-refractivity contribution >= 4 is 5.82 Å². The van der Waals surface area contributed by atoms with Crippen molar-refractivity contribution in [1.82, 2.24) is 15.1 Å². The molecule has 0 bridgehead atoms. The average molecular weight is 210 g/mol. The maximum absolute atomic E-state index is 10.4. The van der Waals surface area contributed by atoms with Crippen LogP contribution in [0.5, 0.6) is 0 Å². The average Bonchev–Trinajstić information content (AvgIpc) is 2.90. The summed E-state index contributed by atoms with van der Waals surface area (Å²) >= 11 is 0. The first-order chi connectivity index (χ1) is 7.25. The molecule has 6 heteroatoms. The Bertz CT molecular complexity index is 346. The van der Waals surface area contributed by atoms with Gasteiger partial charge in [-0.05, 0) is 30.7 Å². The smallest absolute Gasteiger partial charge is 0.358 e. The zero-order chi connectivity index (χ0) is 10.7. The highest BCUT2D eigenvalue weighted by Gasteiger charge is 2.19. The summed E-state index contributed by atoms with van der Waals surface area (Å²) in [5, 5.41) is 17.6. The van der Waals surface area contributed by atoms with Crippen molar-refractivity contribution in [2.75, 3.05) is 6.54 Å². The van der Waals surface area contributed by atoms with E-state index in [0.717, 1.165) is 25.6 Å². The second-order valence-electron chi connectivity index (χ2n) is 3.78. The largest absolute Gasteiger partial charge is 0.389 e. The summed E-state index contributed by atoms with van der Waals surface area (Å²) in [6.45, 7) is 1.69. The van der Waals surface area contributed by atoms with Crippen LogP contribution in [0.25, 0.3) is 0 Å². The Morgan fingerprint density at radius 3 is 3.07 bits per heavy atom. The van der Waals surface area contributed by atoms with Crippen LogP contribution in [0.4, 0.5) is 5.82 Å². The van der Waals surface area contributed by atoms with Gasteiger partial charge in [0.25, 0.3) is 0 Å². The van der Waals surface area contributed by atoms with Crippen molar-refractivity contribution in [1.29, 1.82) is 0 Å². The molecule has 0 unspecified atom stereocenters. The highest BCUT2D eigenvalue weighted by molar-refractivity contribution is 5.13. The molecule has 0 aromatic carbocycles. The maximum atomic E-state index is 10.4. The molecule has 0 aliphatic heterocycles. The minimum atomic E-state index is -0.473. The van der Waals surface area contributed by atoms with Gasteiger partial charge < -0.3 is 15.4 Å². The van der Waals surface area contributed by atoms with Gasteiger partial charge in [-0.1, -0.05) is 0 Å². The fourth-order valence-electron chi connectivity index (χ4n) is 1.41. The normalized spacial score (nSPS) is 15.5. The van der Waals surface area contributed by atoms with Crippen LogP contribution in [0.1, 0.15) is 19.3 Å². The lowest BCUT2D eigenvalue weighted by atomic mass is 10.4. The number of nitrogens with zero attached hydrogens (tertiary/aromatic N) is 3. The molecule has 2 rings (SSSR count). The molecule has 0 atom stereocenters. The molecule has 1 aliphatic rings. The third-order valence-corrected chi connectivity index (χ3v) is 2.39. The van der Waals surface area contributed by atoms with Crippen LogP contribution in [-0.2, 0) is 6.54 Å². The lowest BCUT2D eigenvalue weighted by molar-refractivity contribution is -0.389. The van der Waals surface area contributed by atoms with Crippen LogP contribution in [0.15, 0.2) is 12.3 Å². The van der Waals surface area contributed by atoms with E-state index in [-0.39, 0.29) is 5.82 Å². The predicted octanol–water partition coefficient (Wildman–Crippen LogP) is 0.933. The number of rotatable bonds is 6. The van der Waals surface area contributed by atoms with Crippen molar-refractivity contribution < 1.29 is 4.92 Å². The van der Waals surface area contributed by atoms with Gasteiger partial charge in [-0.2, -0.15) is 4.68 Å². The van der Waals surface area contributed by atoms with Gasteiger partial charge in [0.05, 0.1) is 23.9 Å². The zero-order valence-electron chi connectivity index (χ0n) is 8.43. The van der Waals surface area contributed by atoms with Gasteiger partial charge in [-0.15, -0.1) is 0 Å². The monoisotopic (exact) mass is 210 g/mol. The molecular weight excluding hydrogens is 196 g/mol. The molecule has 0 amide bonds. The van der Waals surface area contributed by atoms with Gasteiger partial charge in [-0.3, -0.25) is 0 Å². The Morgan fingerprint density at radius 2 is 2.47 bits per heavy atom. The lowest BCUT2D eigenvalue weighted by Crippen LogP contribution is -2.19. The Morgan fingerprint density at radius 1 is 1.67 bits per heavy atom. The third-order valence-electron chi connectivity index (χ3n) is 2.39. The van der Waals surface area contributed by atoms with E-state index < -0.39 is 4.92 Å². The molecule has 0 radical (unpaired) electrons. The minimum Gasteiger partial charge on any atom is -0.358 e. The second kappa shape index (κ2) is 4.39. The zero-order valence-corrected chi connectivity index (χ0v) is 8.43. The first kappa shape index (κ1) is 10.1. The molecule has 6 nitrogen and oxygen atoms in total. The van der Waals surface area contributed by atoms with Crippen molar-refractivity contribution in [3.8, 4) is 0 Å². The van der Waals surface area contributed by atoms with Crippen LogP contribution >= 0.6 is 0 Å². The van der Waals surface area contributed by atoms with Gasteiger partial charge in [0, 0.05) is 6.04 Å². The molecule has 1 aromatic rings.